The van der Waals surface area contributed by atoms with Gasteiger partial charge in [0.25, 0.3) is 0 Å². The molecule has 4 heteroatoms. The Morgan fingerprint density at radius 1 is 1.29 bits per heavy atom. The van der Waals surface area contributed by atoms with Crippen LogP contribution in [0.5, 0.6) is 11.5 Å². The maximum atomic E-state index is 6.17. The third-order valence-electron chi connectivity index (χ3n) is 3.34. The monoisotopic (exact) mass is 299 g/mol. The number of hydrogen-bond donors (Lipinski definition) is 1. The first-order valence-corrected chi connectivity index (χ1v) is 6.49. The number of nitrogens with two attached hydrogens (primary N) is 1. The van der Waals surface area contributed by atoms with E-state index in [2.05, 4.69) is 22.0 Å². The summed E-state index contributed by atoms with van der Waals surface area (Å²) in [6.45, 7) is 2.00. The molecular weight excluding hydrogens is 282 g/mol. The van der Waals surface area contributed by atoms with Gasteiger partial charge in [0.2, 0.25) is 0 Å². The largest absolute Gasteiger partial charge is 0.493 e. The zero-order valence-electron chi connectivity index (χ0n) is 10.5. The molecule has 1 aromatic rings. The first-order valence-electron chi connectivity index (χ1n) is 5.69. The lowest BCUT2D eigenvalue weighted by atomic mass is 10.0. The highest BCUT2D eigenvalue weighted by atomic mass is 79.9. The van der Waals surface area contributed by atoms with Crippen LogP contribution in [-0.2, 0) is 6.42 Å². The summed E-state index contributed by atoms with van der Waals surface area (Å²) in [4.78, 5) is 0. The van der Waals surface area contributed by atoms with Crippen molar-refractivity contribution in [3.8, 4) is 11.5 Å². The Hall–Kier alpha value is -0.740. The molecule has 0 radical (unpaired) electrons. The van der Waals surface area contributed by atoms with Gasteiger partial charge in [-0.05, 0) is 32.3 Å². The van der Waals surface area contributed by atoms with Gasteiger partial charge >= 0.3 is 0 Å². The fourth-order valence-corrected chi connectivity index (χ4v) is 2.53. The van der Waals surface area contributed by atoms with E-state index in [-0.39, 0.29) is 5.54 Å². The van der Waals surface area contributed by atoms with Crippen LogP contribution in [0, 0.1) is 6.92 Å². The van der Waals surface area contributed by atoms with Crippen molar-refractivity contribution in [1.29, 1.82) is 0 Å². The molecule has 2 N–H and O–H groups in total. The maximum absolute atomic E-state index is 6.17. The van der Waals surface area contributed by atoms with Gasteiger partial charge in [-0.1, -0.05) is 15.9 Å². The normalized spacial score (nSPS) is 16.8. The zero-order chi connectivity index (χ0) is 12.6. The molecule has 1 saturated carbocycles. The van der Waals surface area contributed by atoms with E-state index in [1.165, 1.54) is 0 Å². The van der Waals surface area contributed by atoms with Gasteiger partial charge in [0, 0.05) is 21.1 Å². The number of halogens is 1. The summed E-state index contributed by atoms with van der Waals surface area (Å²) in [6, 6.07) is 2.09. The molecule has 0 bridgehead atoms. The predicted molar refractivity (Wildman–Crippen MR) is 71.8 cm³/mol. The third kappa shape index (κ3) is 2.43. The summed E-state index contributed by atoms with van der Waals surface area (Å²) >= 11 is 3.55. The highest BCUT2D eigenvalue weighted by molar-refractivity contribution is 9.10. The average molecular weight is 300 g/mol. The van der Waals surface area contributed by atoms with Crippen molar-refractivity contribution in [2.75, 3.05) is 14.2 Å². The van der Waals surface area contributed by atoms with Crippen LogP contribution in [0.2, 0.25) is 0 Å². The minimum atomic E-state index is -0.0347. The molecule has 1 aromatic carbocycles. The smallest absolute Gasteiger partial charge is 0.165 e. The second-order valence-corrected chi connectivity index (χ2v) is 5.60. The minimum absolute atomic E-state index is 0.0347. The van der Waals surface area contributed by atoms with Gasteiger partial charge in [-0.25, -0.2) is 0 Å². The molecule has 0 amide bonds. The average Bonchev–Trinajstić information content (AvgIpc) is 3.00. The number of ether oxygens (including phenoxy) is 2. The molecule has 0 spiro atoms. The van der Waals surface area contributed by atoms with Crippen molar-refractivity contribution in [2.45, 2.75) is 31.7 Å². The molecule has 94 valence electrons. The van der Waals surface area contributed by atoms with Crippen LogP contribution in [0.1, 0.15) is 24.0 Å². The summed E-state index contributed by atoms with van der Waals surface area (Å²) in [5.41, 5.74) is 8.30. The summed E-state index contributed by atoms with van der Waals surface area (Å²) in [6.07, 6.45) is 3.01. The molecule has 1 fully saturated rings. The summed E-state index contributed by atoms with van der Waals surface area (Å²) in [7, 11) is 3.33. The van der Waals surface area contributed by atoms with Crippen molar-refractivity contribution in [3.63, 3.8) is 0 Å². The SMILES string of the molecule is COc1c(CC2(N)CC2)cc(Br)c(C)c1OC. The summed E-state index contributed by atoms with van der Waals surface area (Å²) < 4.78 is 11.9. The summed E-state index contributed by atoms with van der Waals surface area (Å²) in [5, 5.41) is 0. The second kappa shape index (κ2) is 4.50. The Kier molecular flexibility index (Phi) is 3.36. The number of methoxy groups -OCH3 is 2. The lowest BCUT2D eigenvalue weighted by Crippen LogP contribution is -2.24. The van der Waals surface area contributed by atoms with Crippen LogP contribution in [0.25, 0.3) is 0 Å². The highest BCUT2D eigenvalue weighted by Crippen LogP contribution is 2.43. The molecular formula is C13H18BrNO2. The predicted octanol–water partition coefficient (Wildman–Crippen LogP) is 2.81. The van der Waals surface area contributed by atoms with Crippen LogP contribution in [0.3, 0.4) is 0 Å². The van der Waals surface area contributed by atoms with Crippen molar-refractivity contribution < 1.29 is 9.47 Å². The van der Waals surface area contributed by atoms with Gasteiger partial charge in [-0.15, -0.1) is 0 Å². The zero-order valence-corrected chi connectivity index (χ0v) is 12.1. The van der Waals surface area contributed by atoms with E-state index >= 15 is 0 Å². The quantitative estimate of drug-likeness (QED) is 0.930. The van der Waals surface area contributed by atoms with Gasteiger partial charge in [0.1, 0.15) is 0 Å². The molecule has 0 atom stereocenters. The van der Waals surface area contributed by atoms with Gasteiger partial charge < -0.3 is 15.2 Å². The van der Waals surface area contributed by atoms with E-state index < -0.39 is 0 Å². The van der Waals surface area contributed by atoms with E-state index in [0.29, 0.717) is 0 Å². The van der Waals surface area contributed by atoms with Crippen LogP contribution in [0.15, 0.2) is 10.5 Å². The first-order chi connectivity index (χ1) is 8.00. The van der Waals surface area contributed by atoms with E-state index in [1.807, 2.05) is 6.92 Å². The Morgan fingerprint density at radius 2 is 1.88 bits per heavy atom. The first kappa shape index (κ1) is 12.7. The Labute approximate surface area is 110 Å². The maximum Gasteiger partial charge on any atom is 0.165 e. The molecule has 0 saturated heterocycles. The molecule has 17 heavy (non-hydrogen) atoms. The van der Waals surface area contributed by atoms with Gasteiger partial charge in [-0.3, -0.25) is 0 Å². The van der Waals surface area contributed by atoms with E-state index in [9.17, 15) is 0 Å². The van der Waals surface area contributed by atoms with Gasteiger partial charge in [0.15, 0.2) is 11.5 Å². The fourth-order valence-electron chi connectivity index (χ4n) is 2.07. The van der Waals surface area contributed by atoms with E-state index in [1.54, 1.807) is 14.2 Å². The molecule has 1 aliphatic rings. The Balaban J connectivity index is 2.46. The van der Waals surface area contributed by atoms with Gasteiger partial charge in [-0.2, -0.15) is 0 Å². The van der Waals surface area contributed by atoms with Crippen LogP contribution >= 0.6 is 15.9 Å². The van der Waals surface area contributed by atoms with Crippen LogP contribution < -0.4 is 15.2 Å². The molecule has 0 unspecified atom stereocenters. The molecule has 3 nitrogen and oxygen atoms in total. The highest BCUT2D eigenvalue weighted by Gasteiger charge is 2.39. The number of rotatable bonds is 4. The molecule has 0 aliphatic heterocycles. The Bertz CT molecular complexity index is 442. The van der Waals surface area contributed by atoms with Crippen molar-refractivity contribution >= 4 is 15.9 Å². The standard InChI is InChI=1S/C13H18BrNO2/c1-8-10(14)6-9(7-13(15)4-5-13)12(17-3)11(8)16-2/h6H,4-5,7,15H2,1-3H3. The molecule has 2 rings (SSSR count). The minimum Gasteiger partial charge on any atom is -0.493 e. The number of hydrogen-bond acceptors (Lipinski definition) is 3. The van der Waals surface area contributed by atoms with E-state index in [4.69, 9.17) is 15.2 Å². The Morgan fingerprint density at radius 3 is 2.35 bits per heavy atom. The molecule has 0 heterocycles. The second-order valence-electron chi connectivity index (χ2n) is 4.75. The van der Waals surface area contributed by atoms with Crippen LogP contribution in [-0.4, -0.2) is 19.8 Å². The molecule has 1 aliphatic carbocycles. The summed E-state index contributed by atoms with van der Waals surface area (Å²) in [5.74, 6) is 1.60. The topological polar surface area (TPSA) is 44.5 Å². The van der Waals surface area contributed by atoms with Crippen LogP contribution in [0.4, 0.5) is 0 Å². The lowest BCUT2D eigenvalue weighted by Gasteiger charge is -2.18. The van der Waals surface area contributed by atoms with E-state index in [0.717, 1.165) is 46.4 Å². The molecule has 0 aromatic heterocycles. The fraction of sp³-hybridized carbons (Fsp3) is 0.538. The lowest BCUT2D eigenvalue weighted by molar-refractivity contribution is 0.348. The van der Waals surface area contributed by atoms with Gasteiger partial charge in [0.05, 0.1) is 14.2 Å². The van der Waals surface area contributed by atoms with Crippen molar-refractivity contribution in [1.82, 2.24) is 0 Å². The number of benzene rings is 1. The van der Waals surface area contributed by atoms with Crippen molar-refractivity contribution in [2.24, 2.45) is 5.73 Å². The van der Waals surface area contributed by atoms with Crippen molar-refractivity contribution in [3.05, 3.63) is 21.7 Å². The third-order valence-corrected chi connectivity index (χ3v) is 4.16.